The first-order valence-corrected chi connectivity index (χ1v) is 4.68. The van der Waals surface area contributed by atoms with Gasteiger partial charge in [0.1, 0.15) is 5.50 Å². The molecule has 4 heteroatoms. The number of hydrogen-bond donors (Lipinski definition) is 1. The maximum absolute atomic E-state index is 10.9. The van der Waals surface area contributed by atoms with Gasteiger partial charge in [0.2, 0.25) is 5.91 Å². The molecule has 0 aromatic rings. The second-order valence-electron chi connectivity index (χ2n) is 2.90. The average Bonchev–Trinajstić information content (AvgIpc) is 2.08. The fourth-order valence-electron chi connectivity index (χ4n) is 1.24. The van der Waals surface area contributed by atoms with E-state index in [1.807, 2.05) is 11.1 Å². The Bertz CT molecular complexity index is 260. The Labute approximate surface area is 82.8 Å². The van der Waals surface area contributed by atoms with Crippen LogP contribution in [0.2, 0.25) is 0 Å². The predicted molar refractivity (Wildman–Crippen MR) is 53.1 cm³/mol. The van der Waals surface area contributed by atoms with E-state index in [1.54, 1.807) is 12.2 Å². The van der Waals surface area contributed by atoms with Crippen LogP contribution in [0.15, 0.2) is 23.9 Å². The third kappa shape index (κ3) is 2.25. The zero-order chi connectivity index (χ0) is 9.84. The molecular weight excluding hydrogens is 188 g/mol. The second-order valence-corrected chi connectivity index (χ2v) is 3.31. The summed E-state index contributed by atoms with van der Waals surface area (Å²) in [7, 11) is 0. The molecule has 0 saturated carbocycles. The molecule has 0 aromatic heterocycles. The minimum Gasteiger partial charge on any atom is -0.366 e. The molecule has 0 fully saturated rings. The Kier molecular flexibility index (Phi) is 3.37. The quantitative estimate of drug-likeness (QED) is 0.550. The average molecular weight is 201 g/mol. The maximum atomic E-state index is 10.9. The zero-order valence-electron chi connectivity index (χ0n) is 7.53. The molecule has 0 aliphatic carbocycles. The first kappa shape index (κ1) is 10.1. The van der Waals surface area contributed by atoms with Crippen LogP contribution in [-0.2, 0) is 4.79 Å². The number of nitrogens with zero attached hydrogens (tertiary/aromatic N) is 1. The van der Waals surface area contributed by atoms with Crippen LogP contribution in [0.1, 0.15) is 13.3 Å². The van der Waals surface area contributed by atoms with Crippen molar-refractivity contribution in [1.29, 1.82) is 0 Å². The summed E-state index contributed by atoms with van der Waals surface area (Å²) in [6, 6.07) is 0. The number of nitrogens with two attached hydrogens (primary N) is 1. The number of carbonyl (C=O) groups is 1. The molecule has 1 rings (SSSR count). The summed E-state index contributed by atoms with van der Waals surface area (Å²) in [5.74, 6) is -0.453. The lowest BCUT2D eigenvalue weighted by Gasteiger charge is -2.28. The number of allylic oxidation sites excluding steroid dienone is 2. The minimum atomic E-state index is -0.453. The van der Waals surface area contributed by atoms with E-state index in [9.17, 15) is 4.79 Å². The normalized spacial score (nSPS) is 21.5. The van der Waals surface area contributed by atoms with Crippen molar-refractivity contribution < 1.29 is 4.79 Å². The molecule has 3 nitrogen and oxygen atoms in total. The van der Waals surface area contributed by atoms with E-state index in [0.29, 0.717) is 5.57 Å². The lowest BCUT2D eigenvalue weighted by atomic mass is 10.1. The Morgan fingerprint density at radius 2 is 2.46 bits per heavy atom. The lowest BCUT2D eigenvalue weighted by molar-refractivity contribution is -0.114. The van der Waals surface area contributed by atoms with Crippen molar-refractivity contribution in [3.8, 4) is 0 Å². The molecule has 1 atom stereocenters. The molecule has 0 spiro atoms. The van der Waals surface area contributed by atoms with Crippen LogP contribution in [-0.4, -0.2) is 22.9 Å². The van der Waals surface area contributed by atoms with Crippen LogP contribution >= 0.6 is 11.6 Å². The molecule has 72 valence electrons. The first-order valence-electron chi connectivity index (χ1n) is 4.24. The van der Waals surface area contributed by atoms with Gasteiger partial charge in [-0.2, -0.15) is 0 Å². The van der Waals surface area contributed by atoms with Crippen molar-refractivity contribution >= 4 is 17.5 Å². The largest absolute Gasteiger partial charge is 0.366 e. The van der Waals surface area contributed by atoms with Crippen LogP contribution in [0.5, 0.6) is 0 Å². The van der Waals surface area contributed by atoms with E-state index in [4.69, 9.17) is 17.3 Å². The summed E-state index contributed by atoms with van der Waals surface area (Å²) in [5.41, 5.74) is 5.21. The third-order valence-corrected chi connectivity index (χ3v) is 2.35. The highest BCUT2D eigenvalue weighted by Gasteiger charge is 2.22. The van der Waals surface area contributed by atoms with Crippen molar-refractivity contribution in [3.05, 3.63) is 23.9 Å². The third-order valence-electron chi connectivity index (χ3n) is 1.87. The smallest absolute Gasteiger partial charge is 0.247 e. The molecule has 1 amide bonds. The fourth-order valence-corrected chi connectivity index (χ4v) is 1.58. The predicted octanol–water partition coefficient (Wildman–Crippen LogP) is 1.20. The van der Waals surface area contributed by atoms with E-state index < -0.39 is 11.4 Å². The Morgan fingerprint density at radius 3 is 3.00 bits per heavy atom. The Balaban J connectivity index is 2.74. The van der Waals surface area contributed by atoms with Gasteiger partial charge in [-0.1, -0.05) is 18.5 Å². The summed E-state index contributed by atoms with van der Waals surface area (Å²) < 4.78 is 0. The van der Waals surface area contributed by atoms with Gasteiger partial charge in [-0.05, 0) is 18.6 Å². The van der Waals surface area contributed by atoms with Crippen LogP contribution < -0.4 is 5.73 Å². The van der Waals surface area contributed by atoms with E-state index in [0.717, 1.165) is 13.0 Å². The summed E-state index contributed by atoms with van der Waals surface area (Å²) in [4.78, 5) is 12.8. The highest BCUT2D eigenvalue weighted by molar-refractivity contribution is 6.25. The molecule has 0 aromatic carbocycles. The van der Waals surface area contributed by atoms with Gasteiger partial charge in [-0.15, -0.1) is 0 Å². The molecule has 1 unspecified atom stereocenters. The highest BCUT2D eigenvalue weighted by atomic mass is 35.5. The number of hydrogen-bond acceptors (Lipinski definition) is 2. The van der Waals surface area contributed by atoms with Gasteiger partial charge < -0.3 is 10.6 Å². The molecule has 0 bridgehead atoms. The van der Waals surface area contributed by atoms with E-state index in [1.165, 1.54) is 0 Å². The van der Waals surface area contributed by atoms with E-state index >= 15 is 0 Å². The van der Waals surface area contributed by atoms with Crippen LogP contribution in [0, 0.1) is 0 Å². The number of amides is 1. The summed E-state index contributed by atoms with van der Waals surface area (Å²) >= 11 is 6.03. The SMILES string of the molecule is CCCN1C=CC=C(C(N)=O)C1Cl. The van der Waals surface area contributed by atoms with E-state index in [2.05, 4.69) is 6.92 Å². The number of alkyl halides is 1. The van der Waals surface area contributed by atoms with Gasteiger partial charge in [0.25, 0.3) is 0 Å². The van der Waals surface area contributed by atoms with Gasteiger partial charge >= 0.3 is 0 Å². The van der Waals surface area contributed by atoms with Crippen LogP contribution in [0.3, 0.4) is 0 Å². The van der Waals surface area contributed by atoms with Gasteiger partial charge in [-0.25, -0.2) is 0 Å². The van der Waals surface area contributed by atoms with Crippen LogP contribution in [0.4, 0.5) is 0 Å². The zero-order valence-corrected chi connectivity index (χ0v) is 8.29. The van der Waals surface area contributed by atoms with Gasteiger partial charge in [0, 0.05) is 12.7 Å². The summed E-state index contributed by atoms with van der Waals surface area (Å²) in [6.07, 6.45) is 6.30. The van der Waals surface area contributed by atoms with Crippen molar-refractivity contribution in [3.63, 3.8) is 0 Å². The fraction of sp³-hybridized carbons (Fsp3) is 0.444. The number of halogens is 1. The second kappa shape index (κ2) is 4.33. The number of carbonyl (C=O) groups excluding carboxylic acids is 1. The summed E-state index contributed by atoms with van der Waals surface area (Å²) in [6.45, 7) is 2.88. The van der Waals surface area contributed by atoms with Crippen molar-refractivity contribution in [2.75, 3.05) is 6.54 Å². The molecule has 2 N–H and O–H groups in total. The first-order chi connectivity index (χ1) is 6.16. The number of primary amides is 1. The maximum Gasteiger partial charge on any atom is 0.247 e. The summed E-state index contributed by atoms with van der Waals surface area (Å²) in [5, 5.41) is 0. The lowest BCUT2D eigenvalue weighted by Crippen LogP contribution is -2.35. The molecular formula is C9H13ClN2O. The van der Waals surface area contributed by atoms with Crippen molar-refractivity contribution in [1.82, 2.24) is 4.90 Å². The molecule has 1 heterocycles. The highest BCUT2D eigenvalue weighted by Crippen LogP contribution is 2.19. The Hall–Kier alpha value is -0.960. The van der Waals surface area contributed by atoms with Gasteiger partial charge in [0.15, 0.2) is 0 Å². The van der Waals surface area contributed by atoms with Crippen LogP contribution in [0.25, 0.3) is 0 Å². The number of rotatable bonds is 3. The van der Waals surface area contributed by atoms with Crippen molar-refractivity contribution in [2.24, 2.45) is 5.73 Å². The van der Waals surface area contributed by atoms with Gasteiger partial charge in [0.05, 0.1) is 5.57 Å². The van der Waals surface area contributed by atoms with Crippen molar-refractivity contribution in [2.45, 2.75) is 18.8 Å². The molecule has 1 aliphatic heterocycles. The van der Waals surface area contributed by atoms with E-state index in [-0.39, 0.29) is 0 Å². The Morgan fingerprint density at radius 1 is 1.77 bits per heavy atom. The topological polar surface area (TPSA) is 46.3 Å². The molecule has 0 saturated heterocycles. The molecule has 0 radical (unpaired) electrons. The molecule has 1 aliphatic rings. The standard InChI is InChI=1S/C9H13ClN2O/c1-2-5-12-6-3-4-7(8(12)10)9(11)13/h3-4,6,8H,2,5H2,1H3,(H2,11,13). The monoisotopic (exact) mass is 200 g/mol. The minimum absolute atomic E-state index is 0.414. The molecule has 13 heavy (non-hydrogen) atoms. The van der Waals surface area contributed by atoms with Gasteiger partial charge in [-0.3, -0.25) is 4.79 Å².